The zero-order valence-corrected chi connectivity index (χ0v) is 17.8. The Morgan fingerprint density at radius 1 is 0.968 bits per heavy atom. The molecule has 2 aromatic carbocycles. The Labute approximate surface area is 180 Å². The van der Waals surface area contributed by atoms with Crippen LogP contribution in [-0.2, 0) is 19.4 Å². The van der Waals surface area contributed by atoms with Crippen LogP contribution in [0.15, 0.2) is 54.6 Å². The summed E-state index contributed by atoms with van der Waals surface area (Å²) in [6.07, 6.45) is -1.06. The van der Waals surface area contributed by atoms with Gasteiger partial charge in [0.1, 0.15) is 6.04 Å². The van der Waals surface area contributed by atoms with Gasteiger partial charge in [0.05, 0.1) is 11.5 Å². The van der Waals surface area contributed by atoms with Crippen molar-refractivity contribution in [1.29, 1.82) is 0 Å². The second-order valence-corrected chi connectivity index (χ2v) is 9.47. The van der Waals surface area contributed by atoms with Gasteiger partial charge in [-0.15, -0.1) is 0 Å². The highest BCUT2D eigenvalue weighted by Gasteiger charge is 2.33. The minimum Gasteiger partial charge on any atom is -0.478 e. The molecule has 2 N–H and O–H groups in total. The zero-order chi connectivity index (χ0) is 22.4. The lowest BCUT2D eigenvalue weighted by atomic mass is 10.0. The number of para-hydroxylation sites is 1. The number of hydrogen-bond donors (Lipinski definition) is 2. The minimum absolute atomic E-state index is 0.0382. The number of ether oxygens (including phenoxy) is 1. The third-order valence-corrected chi connectivity index (χ3v) is 6.54. The van der Waals surface area contributed by atoms with Crippen LogP contribution in [0.5, 0.6) is 5.75 Å². The first-order valence-corrected chi connectivity index (χ1v) is 11.6. The molecule has 1 aliphatic heterocycles. The lowest BCUT2D eigenvalue weighted by Gasteiger charge is -2.33. The van der Waals surface area contributed by atoms with Crippen molar-refractivity contribution >= 4 is 21.7 Å². The first kappa shape index (κ1) is 22.7. The van der Waals surface area contributed by atoms with Crippen molar-refractivity contribution in [2.45, 2.75) is 19.1 Å². The summed E-state index contributed by atoms with van der Waals surface area (Å²) in [5, 5.41) is 0. The minimum atomic E-state index is -3.12. The molecule has 0 spiro atoms. The monoisotopic (exact) mass is 449 g/mol. The van der Waals surface area contributed by atoms with Crippen LogP contribution in [-0.4, -0.2) is 55.8 Å². The summed E-state index contributed by atoms with van der Waals surface area (Å²) in [7, 11) is -3.12. The Morgan fingerprint density at radius 2 is 1.55 bits per heavy atom. The maximum Gasteiger partial charge on any atom is 0.279 e. The number of hydrazine groups is 1. The predicted molar refractivity (Wildman–Crippen MR) is 112 cm³/mol. The van der Waals surface area contributed by atoms with Crippen molar-refractivity contribution in [3.05, 3.63) is 66.0 Å². The zero-order valence-electron chi connectivity index (χ0n) is 17.0. The summed E-state index contributed by atoms with van der Waals surface area (Å²) in [5.41, 5.74) is 5.34. The Bertz CT molecular complexity index is 1020. The number of nitrogens with one attached hydrogen (secondary N) is 2. The highest BCUT2D eigenvalue weighted by Crippen LogP contribution is 2.23. The summed E-state index contributed by atoms with van der Waals surface area (Å²) in [6, 6.07) is 13.8. The van der Waals surface area contributed by atoms with Crippen LogP contribution in [0.25, 0.3) is 0 Å². The van der Waals surface area contributed by atoms with Crippen molar-refractivity contribution in [3.8, 4) is 5.75 Å². The molecule has 1 heterocycles. The normalized spacial score (nSPS) is 17.9. The molecular weight excluding hydrogens is 425 g/mol. The van der Waals surface area contributed by atoms with Crippen LogP contribution in [0.1, 0.15) is 18.5 Å². The van der Waals surface area contributed by atoms with Gasteiger partial charge >= 0.3 is 0 Å². The van der Waals surface area contributed by atoms with Gasteiger partial charge < -0.3 is 4.74 Å². The molecule has 0 aliphatic carbocycles. The molecule has 0 bridgehead atoms. The molecule has 2 amide bonds. The molecule has 1 aliphatic rings. The van der Waals surface area contributed by atoms with Gasteiger partial charge in [0, 0.05) is 13.1 Å². The van der Waals surface area contributed by atoms with Crippen LogP contribution in [0.2, 0.25) is 0 Å². The number of benzene rings is 2. The van der Waals surface area contributed by atoms with Crippen LogP contribution in [0.4, 0.5) is 4.39 Å². The van der Waals surface area contributed by atoms with Crippen molar-refractivity contribution in [2.24, 2.45) is 0 Å². The van der Waals surface area contributed by atoms with E-state index < -0.39 is 39.6 Å². The fraction of sp³-hybridized carbons (Fsp3) is 0.333. The Morgan fingerprint density at radius 3 is 2.19 bits per heavy atom. The first-order valence-electron chi connectivity index (χ1n) is 9.77. The lowest BCUT2D eigenvalue weighted by molar-refractivity contribution is -0.135. The van der Waals surface area contributed by atoms with E-state index in [1.165, 1.54) is 25.1 Å². The molecule has 0 saturated carbocycles. The Kier molecular flexibility index (Phi) is 7.24. The van der Waals surface area contributed by atoms with Crippen LogP contribution < -0.4 is 15.6 Å². The number of carbonyl (C=O) groups excluding carboxylic acids is 2. The Hall–Kier alpha value is -2.98. The molecule has 8 nitrogen and oxygen atoms in total. The topological polar surface area (TPSA) is 105 Å². The van der Waals surface area contributed by atoms with E-state index in [2.05, 4.69) is 10.9 Å². The molecular formula is C21H24FN3O5S. The van der Waals surface area contributed by atoms with E-state index in [4.69, 9.17) is 4.74 Å². The van der Waals surface area contributed by atoms with E-state index in [0.717, 1.165) is 0 Å². The maximum absolute atomic E-state index is 13.7. The van der Waals surface area contributed by atoms with Crippen molar-refractivity contribution < 1.29 is 27.1 Å². The van der Waals surface area contributed by atoms with Gasteiger partial charge in [-0.3, -0.25) is 25.3 Å². The van der Waals surface area contributed by atoms with Gasteiger partial charge in [-0.2, -0.15) is 0 Å². The maximum atomic E-state index is 13.7. The van der Waals surface area contributed by atoms with Gasteiger partial charge in [-0.25, -0.2) is 12.8 Å². The van der Waals surface area contributed by atoms with Gasteiger partial charge in [-0.05, 0) is 24.6 Å². The summed E-state index contributed by atoms with van der Waals surface area (Å²) >= 11 is 0. The van der Waals surface area contributed by atoms with E-state index in [0.29, 0.717) is 5.56 Å². The molecule has 2 aromatic rings. The van der Waals surface area contributed by atoms with Crippen LogP contribution in [0.3, 0.4) is 0 Å². The molecule has 1 fully saturated rings. The fourth-order valence-corrected chi connectivity index (χ4v) is 4.46. The third-order valence-electron chi connectivity index (χ3n) is 4.93. The van der Waals surface area contributed by atoms with Gasteiger partial charge in [0.15, 0.2) is 27.5 Å². The Balaban J connectivity index is 1.65. The van der Waals surface area contributed by atoms with Crippen molar-refractivity contribution in [1.82, 2.24) is 15.8 Å². The summed E-state index contributed by atoms with van der Waals surface area (Å²) in [4.78, 5) is 27.0. The number of nitrogens with zero attached hydrogens (tertiary/aromatic N) is 1. The molecule has 10 heteroatoms. The number of sulfone groups is 1. The van der Waals surface area contributed by atoms with Gasteiger partial charge in [-0.1, -0.05) is 42.5 Å². The van der Waals surface area contributed by atoms with E-state index in [-0.39, 0.29) is 30.3 Å². The number of hydrogen-bond acceptors (Lipinski definition) is 6. The highest BCUT2D eigenvalue weighted by atomic mass is 32.2. The molecule has 166 valence electrons. The van der Waals surface area contributed by atoms with E-state index in [1.54, 1.807) is 35.2 Å². The number of halogens is 1. The van der Waals surface area contributed by atoms with Gasteiger partial charge in [0.25, 0.3) is 11.8 Å². The third kappa shape index (κ3) is 6.02. The molecule has 1 saturated heterocycles. The molecule has 0 aromatic heterocycles. The summed E-state index contributed by atoms with van der Waals surface area (Å²) in [6.45, 7) is 1.84. The largest absolute Gasteiger partial charge is 0.478 e. The van der Waals surface area contributed by atoms with E-state index >= 15 is 0 Å². The molecule has 2 atom stereocenters. The second kappa shape index (κ2) is 9.88. The molecule has 2 unspecified atom stereocenters. The van der Waals surface area contributed by atoms with Crippen molar-refractivity contribution in [2.75, 3.05) is 24.6 Å². The van der Waals surface area contributed by atoms with Crippen LogP contribution in [0, 0.1) is 5.82 Å². The lowest BCUT2D eigenvalue weighted by Crippen LogP contribution is -2.53. The first-order chi connectivity index (χ1) is 14.8. The molecule has 31 heavy (non-hydrogen) atoms. The van der Waals surface area contributed by atoms with Crippen molar-refractivity contribution in [3.63, 3.8) is 0 Å². The average molecular weight is 450 g/mol. The van der Waals surface area contributed by atoms with E-state index in [1.807, 2.05) is 6.07 Å². The number of amides is 2. The summed E-state index contributed by atoms with van der Waals surface area (Å²) in [5.74, 6) is -1.93. The molecule has 3 rings (SSSR count). The standard InChI is InChI=1S/C21H24FN3O5S/c1-15(30-18-10-6-5-9-17(18)22)20(26)23-24-21(27)19(16-7-3-2-4-8-16)25-11-13-31(28,29)14-12-25/h2-10,15,19H,11-14H2,1H3,(H,23,26)(H,24,27). The quantitative estimate of drug-likeness (QED) is 0.643. The van der Waals surface area contributed by atoms with Gasteiger partial charge in [0.2, 0.25) is 0 Å². The van der Waals surface area contributed by atoms with Crippen LogP contribution >= 0.6 is 0 Å². The number of rotatable bonds is 6. The second-order valence-electron chi connectivity index (χ2n) is 7.17. The average Bonchev–Trinajstić information content (AvgIpc) is 2.75. The van der Waals surface area contributed by atoms with E-state index in [9.17, 15) is 22.4 Å². The predicted octanol–water partition coefficient (Wildman–Crippen LogP) is 1.21. The summed E-state index contributed by atoms with van der Waals surface area (Å²) < 4.78 is 42.5. The highest BCUT2D eigenvalue weighted by molar-refractivity contribution is 7.91. The molecule has 0 radical (unpaired) electrons. The SMILES string of the molecule is CC(Oc1ccccc1F)C(=O)NNC(=O)C(c1ccccc1)N1CCS(=O)(=O)CC1. The smallest absolute Gasteiger partial charge is 0.279 e. The fourth-order valence-electron chi connectivity index (χ4n) is 3.23. The number of carbonyl (C=O) groups is 2.